The summed E-state index contributed by atoms with van der Waals surface area (Å²) < 4.78 is 5.47. The topological polar surface area (TPSA) is 76.3 Å². The molecule has 1 atom stereocenters. The molecular weight excluding hydrogens is 242 g/mol. The van der Waals surface area contributed by atoms with Gasteiger partial charge in [-0.2, -0.15) is 0 Å². The fourth-order valence-corrected chi connectivity index (χ4v) is 2.22. The number of anilines is 2. The molecule has 1 saturated heterocycles. The minimum atomic E-state index is 0.190. The Morgan fingerprint density at radius 3 is 3.00 bits per heavy atom. The van der Waals surface area contributed by atoms with E-state index in [1.165, 1.54) is 0 Å². The van der Waals surface area contributed by atoms with Crippen LogP contribution in [0.5, 0.6) is 0 Å². The Labute approximate surface area is 114 Å². The third kappa shape index (κ3) is 3.54. The van der Waals surface area contributed by atoms with Gasteiger partial charge in [-0.15, -0.1) is 0 Å². The quantitative estimate of drug-likeness (QED) is 0.837. The molecule has 0 spiro atoms. The molecule has 0 saturated carbocycles. The molecule has 1 aromatic rings. The van der Waals surface area contributed by atoms with Crippen LogP contribution in [0.2, 0.25) is 0 Å². The van der Waals surface area contributed by atoms with Crippen LogP contribution in [0.1, 0.15) is 19.7 Å². The molecule has 0 aliphatic carbocycles. The predicted molar refractivity (Wildman–Crippen MR) is 76.5 cm³/mol. The molecule has 2 heterocycles. The summed E-state index contributed by atoms with van der Waals surface area (Å²) >= 11 is 0. The molecule has 1 unspecified atom stereocenters. The second kappa shape index (κ2) is 6.16. The van der Waals surface area contributed by atoms with Gasteiger partial charge in [-0.1, -0.05) is 0 Å². The first-order valence-corrected chi connectivity index (χ1v) is 6.77. The number of nitrogens with two attached hydrogens (primary N) is 1. The number of nitrogens with one attached hydrogen (secondary N) is 1. The van der Waals surface area contributed by atoms with E-state index in [1.54, 1.807) is 0 Å². The summed E-state index contributed by atoms with van der Waals surface area (Å²) in [6.45, 7) is 8.85. The predicted octanol–water partition coefficient (Wildman–Crippen LogP) is 0.769. The second-order valence-electron chi connectivity index (χ2n) is 5.12. The van der Waals surface area contributed by atoms with E-state index in [0.717, 1.165) is 24.0 Å². The Morgan fingerprint density at radius 2 is 2.32 bits per heavy atom. The van der Waals surface area contributed by atoms with E-state index in [9.17, 15) is 0 Å². The van der Waals surface area contributed by atoms with Crippen molar-refractivity contribution in [2.45, 2.75) is 32.9 Å². The minimum absolute atomic E-state index is 0.190. The van der Waals surface area contributed by atoms with Gasteiger partial charge in [0.1, 0.15) is 17.5 Å². The molecule has 0 aromatic carbocycles. The van der Waals surface area contributed by atoms with Gasteiger partial charge in [0, 0.05) is 25.2 Å². The number of nitrogens with zero attached hydrogens (tertiary/aromatic N) is 3. The summed E-state index contributed by atoms with van der Waals surface area (Å²) in [7, 11) is 0. The van der Waals surface area contributed by atoms with E-state index in [1.807, 2.05) is 13.0 Å². The first-order chi connectivity index (χ1) is 9.10. The van der Waals surface area contributed by atoms with E-state index in [-0.39, 0.29) is 6.04 Å². The van der Waals surface area contributed by atoms with Crippen LogP contribution < -0.4 is 16.0 Å². The largest absolute Gasteiger partial charge is 0.377 e. The molecule has 19 heavy (non-hydrogen) atoms. The average Bonchev–Trinajstić information content (AvgIpc) is 2.37. The molecule has 0 radical (unpaired) electrons. The maximum atomic E-state index is 5.81. The zero-order valence-corrected chi connectivity index (χ0v) is 11.9. The molecule has 0 bridgehead atoms. The van der Waals surface area contributed by atoms with Crippen molar-refractivity contribution in [3.63, 3.8) is 0 Å². The molecule has 1 fully saturated rings. The van der Waals surface area contributed by atoms with E-state index in [0.29, 0.717) is 25.8 Å². The molecule has 1 aliphatic rings. The SMILES string of the molecule is Cc1nc(NC(C)C)cc(N2CCOCC2CN)n1. The summed E-state index contributed by atoms with van der Waals surface area (Å²) in [5, 5.41) is 3.32. The number of ether oxygens (including phenoxy) is 1. The van der Waals surface area contributed by atoms with E-state index in [2.05, 4.69) is 34.0 Å². The van der Waals surface area contributed by atoms with Gasteiger partial charge in [-0.05, 0) is 20.8 Å². The van der Waals surface area contributed by atoms with E-state index >= 15 is 0 Å². The molecule has 0 amide bonds. The Balaban J connectivity index is 2.24. The van der Waals surface area contributed by atoms with Crippen molar-refractivity contribution in [2.75, 3.05) is 36.5 Å². The van der Waals surface area contributed by atoms with Gasteiger partial charge in [0.25, 0.3) is 0 Å². The highest BCUT2D eigenvalue weighted by Crippen LogP contribution is 2.20. The summed E-state index contributed by atoms with van der Waals surface area (Å²) in [4.78, 5) is 11.1. The fourth-order valence-electron chi connectivity index (χ4n) is 2.22. The van der Waals surface area contributed by atoms with Crippen molar-refractivity contribution < 1.29 is 4.74 Å². The lowest BCUT2D eigenvalue weighted by molar-refractivity contribution is 0.0958. The van der Waals surface area contributed by atoms with Crippen molar-refractivity contribution in [3.8, 4) is 0 Å². The zero-order valence-electron chi connectivity index (χ0n) is 11.9. The van der Waals surface area contributed by atoms with Crippen LogP contribution >= 0.6 is 0 Å². The summed E-state index contributed by atoms with van der Waals surface area (Å²) in [6, 6.07) is 2.52. The van der Waals surface area contributed by atoms with Crippen LogP contribution in [0, 0.1) is 6.92 Å². The first kappa shape index (κ1) is 14.0. The Kier molecular flexibility index (Phi) is 4.55. The van der Waals surface area contributed by atoms with Crippen molar-refractivity contribution in [1.82, 2.24) is 9.97 Å². The highest BCUT2D eigenvalue weighted by Gasteiger charge is 2.23. The molecule has 1 aromatic heterocycles. The van der Waals surface area contributed by atoms with Crippen LogP contribution in [0.25, 0.3) is 0 Å². The highest BCUT2D eigenvalue weighted by atomic mass is 16.5. The lowest BCUT2D eigenvalue weighted by Crippen LogP contribution is -2.50. The van der Waals surface area contributed by atoms with Gasteiger partial charge >= 0.3 is 0 Å². The summed E-state index contributed by atoms with van der Waals surface area (Å²) in [5.41, 5.74) is 5.81. The van der Waals surface area contributed by atoms with Crippen LogP contribution in [0.15, 0.2) is 6.07 Å². The Hall–Kier alpha value is -1.40. The van der Waals surface area contributed by atoms with Crippen LogP contribution in [-0.2, 0) is 4.74 Å². The Bertz CT molecular complexity index is 423. The number of morpholine rings is 1. The van der Waals surface area contributed by atoms with E-state index < -0.39 is 0 Å². The normalized spacial score (nSPS) is 19.8. The summed E-state index contributed by atoms with van der Waals surface area (Å²) in [6.07, 6.45) is 0. The molecule has 106 valence electrons. The molecule has 2 rings (SSSR count). The average molecular weight is 265 g/mol. The van der Waals surface area contributed by atoms with Crippen molar-refractivity contribution in [3.05, 3.63) is 11.9 Å². The fraction of sp³-hybridized carbons (Fsp3) is 0.692. The van der Waals surface area contributed by atoms with Crippen LogP contribution in [0.3, 0.4) is 0 Å². The van der Waals surface area contributed by atoms with Gasteiger partial charge in [-0.25, -0.2) is 9.97 Å². The lowest BCUT2D eigenvalue weighted by Gasteiger charge is -2.36. The van der Waals surface area contributed by atoms with Gasteiger partial charge < -0.3 is 20.7 Å². The molecule has 3 N–H and O–H groups in total. The monoisotopic (exact) mass is 265 g/mol. The van der Waals surface area contributed by atoms with Crippen molar-refractivity contribution in [2.24, 2.45) is 5.73 Å². The van der Waals surface area contributed by atoms with Crippen molar-refractivity contribution >= 4 is 11.6 Å². The molecular formula is C13H23N5O. The van der Waals surface area contributed by atoms with Gasteiger partial charge in [0.2, 0.25) is 0 Å². The third-order valence-electron chi connectivity index (χ3n) is 3.05. The smallest absolute Gasteiger partial charge is 0.134 e. The zero-order chi connectivity index (χ0) is 13.8. The number of aryl methyl sites for hydroxylation is 1. The number of aromatic nitrogens is 2. The standard InChI is InChI=1S/C13H23N5O/c1-9(2)15-12-6-13(17-10(3)16-12)18-4-5-19-8-11(18)7-14/h6,9,11H,4-5,7-8,14H2,1-3H3,(H,15,16,17). The second-order valence-corrected chi connectivity index (χ2v) is 5.12. The van der Waals surface area contributed by atoms with Gasteiger partial charge in [-0.3, -0.25) is 0 Å². The first-order valence-electron chi connectivity index (χ1n) is 6.77. The summed E-state index contributed by atoms with van der Waals surface area (Å²) in [5.74, 6) is 2.55. The van der Waals surface area contributed by atoms with Crippen LogP contribution in [0.4, 0.5) is 11.6 Å². The molecule has 6 nitrogen and oxygen atoms in total. The minimum Gasteiger partial charge on any atom is -0.377 e. The molecule has 6 heteroatoms. The molecule has 1 aliphatic heterocycles. The lowest BCUT2D eigenvalue weighted by atomic mass is 10.2. The third-order valence-corrected chi connectivity index (χ3v) is 3.05. The maximum Gasteiger partial charge on any atom is 0.134 e. The van der Waals surface area contributed by atoms with E-state index in [4.69, 9.17) is 10.5 Å². The Morgan fingerprint density at radius 1 is 1.53 bits per heavy atom. The number of rotatable bonds is 4. The number of hydrogen-bond acceptors (Lipinski definition) is 6. The van der Waals surface area contributed by atoms with Crippen LogP contribution in [-0.4, -0.2) is 48.4 Å². The maximum absolute atomic E-state index is 5.81. The number of hydrogen-bond donors (Lipinski definition) is 2. The van der Waals surface area contributed by atoms with Crippen molar-refractivity contribution in [1.29, 1.82) is 0 Å². The highest BCUT2D eigenvalue weighted by molar-refractivity contribution is 5.50. The van der Waals surface area contributed by atoms with Gasteiger partial charge in [0.05, 0.1) is 19.3 Å². The van der Waals surface area contributed by atoms with Gasteiger partial charge in [0.15, 0.2) is 0 Å².